The Bertz CT molecular complexity index is 510. The van der Waals surface area contributed by atoms with Gasteiger partial charge in [0.05, 0.1) is 5.56 Å². The first-order chi connectivity index (χ1) is 7.68. The summed E-state index contributed by atoms with van der Waals surface area (Å²) in [5, 5.41) is 8.82. The molecule has 0 unspecified atom stereocenters. The molecule has 2 rings (SSSR count). The second-order valence-corrected chi connectivity index (χ2v) is 4.02. The number of aromatic nitrogens is 3. The van der Waals surface area contributed by atoms with Crippen molar-refractivity contribution in [2.75, 3.05) is 5.32 Å². The maximum absolute atomic E-state index is 11.9. The molecule has 0 saturated carbocycles. The van der Waals surface area contributed by atoms with Crippen LogP contribution in [0.25, 0.3) is 0 Å². The van der Waals surface area contributed by atoms with E-state index in [1.165, 1.54) is 6.33 Å². The number of hydrogen-bond acceptors (Lipinski definition) is 3. The van der Waals surface area contributed by atoms with E-state index < -0.39 is 0 Å². The van der Waals surface area contributed by atoms with Crippen LogP contribution in [0.3, 0.4) is 0 Å². The third-order valence-corrected chi connectivity index (χ3v) is 3.14. The van der Waals surface area contributed by atoms with Gasteiger partial charge in [0.2, 0.25) is 5.95 Å². The number of aryl methyl sites for hydroxylation is 1. The molecule has 1 aromatic heterocycles. The van der Waals surface area contributed by atoms with Crippen molar-refractivity contribution in [3.63, 3.8) is 0 Å². The van der Waals surface area contributed by atoms with Gasteiger partial charge < -0.3 is 0 Å². The van der Waals surface area contributed by atoms with Crippen LogP contribution < -0.4 is 5.32 Å². The molecule has 0 atom stereocenters. The summed E-state index contributed by atoms with van der Waals surface area (Å²) >= 11 is 3.38. The number of amides is 1. The molecule has 2 aromatic rings. The molecule has 0 fully saturated rings. The Labute approximate surface area is 100 Å². The number of anilines is 1. The van der Waals surface area contributed by atoms with Gasteiger partial charge in [0.1, 0.15) is 6.33 Å². The van der Waals surface area contributed by atoms with Gasteiger partial charge in [-0.3, -0.25) is 10.1 Å². The number of halogens is 1. The first-order valence-electron chi connectivity index (χ1n) is 4.60. The second kappa shape index (κ2) is 4.44. The minimum absolute atomic E-state index is 0.229. The first kappa shape index (κ1) is 10.8. The van der Waals surface area contributed by atoms with Crippen LogP contribution in [-0.2, 0) is 0 Å². The molecule has 0 bridgehead atoms. The van der Waals surface area contributed by atoms with E-state index in [0.29, 0.717) is 11.5 Å². The largest absolute Gasteiger partial charge is 0.291 e. The second-order valence-electron chi connectivity index (χ2n) is 3.22. The fourth-order valence-corrected chi connectivity index (χ4v) is 1.71. The average molecular weight is 281 g/mol. The molecule has 6 heteroatoms. The minimum atomic E-state index is -0.229. The standard InChI is InChI=1S/C10H9BrN4O/c1-6-3-2-4-7(8(6)11)9(16)14-10-12-5-13-15-10/h2-5H,1H3,(H2,12,13,14,15,16). The lowest BCUT2D eigenvalue weighted by atomic mass is 10.1. The van der Waals surface area contributed by atoms with E-state index in [0.717, 1.165) is 10.0 Å². The number of H-pyrrole nitrogens is 1. The summed E-state index contributed by atoms with van der Waals surface area (Å²) < 4.78 is 0.784. The highest BCUT2D eigenvalue weighted by Gasteiger charge is 2.12. The number of benzene rings is 1. The quantitative estimate of drug-likeness (QED) is 0.885. The van der Waals surface area contributed by atoms with Crippen molar-refractivity contribution in [2.24, 2.45) is 0 Å². The monoisotopic (exact) mass is 280 g/mol. The summed E-state index contributed by atoms with van der Waals surface area (Å²) in [6, 6.07) is 5.49. The SMILES string of the molecule is Cc1cccc(C(=O)Nc2ncn[nH]2)c1Br. The lowest BCUT2D eigenvalue weighted by Crippen LogP contribution is -2.13. The van der Waals surface area contributed by atoms with Crippen molar-refractivity contribution < 1.29 is 4.79 Å². The van der Waals surface area contributed by atoms with Crippen LogP contribution in [0, 0.1) is 6.92 Å². The topological polar surface area (TPSA) is 70.7 Å². The van der Waals surface area contributed by atoms with Gasteiger partial charge in [-0.15, -0.1) is 0 Å². The van der Waals surface area contributed by atoms with E-state index >= 15 is 0 Å². The fraction of sp³-hybridized carbons (Fsp3) is 0.100. The Morgan fingerprint density at radius 1 is 1.50 bits per heavy atom. The number of aromatic amines is 1. The fourth-order valence-electron chi connectivity index (χ4n) is 1.26. The zero-order valence-electron chi connectivity index (χ0n) is 8.49. The Kier molecular flexibility index (Phi) is 3.00. The van der Waals surface area contributed by atoms with E-state index in [9.17, 15) is 4.79 Å². The van der Waals surface area contributed by atoms with E-state index in [4.69, 9.17) is 0 Å². The lowest BCUT2D eigenvalue weighted by Gasteiger charge is -2.05. The number of nitrogens with zero attached hydrogens (tertiary/aromatic N) is 2. The van der Waals surface area contributed by atoms with Gasteiger partial charge in [-0.1, -0.05) is 12.1 Å². The maximum Gasteiger partial charge on any atom is 0.259 e. The van der Waals surface area contributed by atoms with E-state index in [1.807, 2.05) is 19.1 Å². The average Bonchev–Trinajstić information content (AvgIpc) is 2.74. The maximum atomic E-state index is 11.9. The summed E-state index contributed by atoms with van der Waals surface area (Å²) in [5.41, 5.74) is 1.57. The summed E-state index contributed by atoms with van der Waals surface area (Å²) in [4.78, 5) is 15.7. The molecule has 82 valence electrons. The predicted octanol–water partition coefficient (Wildman–Crippen LogP) is 2.13. The Morgan fingerprint density at radius 2 is 2.31 bits per heavy atom. The Balaban J connectivity index is 2.24. The molecule has 0 aliphatic carbocycles. The van der Waals surface area contributed by atoms with E-state index in [1.54, 1.807) is 6.07 Å². The van der Waals surface area contributed by atoms with Crippen molar-refractivity contribution in [1.29, 1.82) is 0 Å². The van der Waals surface area contributed by atoms with Crippen molar-refractivity contribution in [3.05, 3.63) is 40.1 Å². The molecule has 1 amide bonds. The Morgan fingerprint density at radius 3 is 3.00 bits per heavy atom. The molecule has 2 N–H and O–H groups in total. The summed E-state index contributed by atoms with van der Waals surface area (Å²) in [6.45, 7) is 1.93. The molecule has 1 aromatic carbocycles. The highest BCUT2D eigenvalue weighted by molar-refractivity contribution is 9.10. The van der Waals surface area contributed by atoms with Gasteiger partial charge in [-0.2, -0.15) is 10.1 Å². The van der Waals surface area contributed by atoms with Crippen LogP contribution in [0.4, 0.5) is 5.95 Å². The highest BCUT2D eigenvalue weighted by Crippen LogP contribution is 2.21. The van der Waals surface area contributed by atoms with Crippen LogP contribution >= 0.6 is 15.9 Å². The Hall–Kier alpha value is -1.69. The third-order valence-electron chi connectivity index (χ3n) is 2.08. The zero-order chi connectivity index (χ0) is 11.5. The van der Waals surface area contributed by atoms with Gasteiger partial charge in [0.15, 0.2) is 0 Å². The number of hydrogen-bond donors (Lipinski definition) is 2. The number of carbonyl (C=O) groups excluding carboxylic acids is 1. The molecule has 0 aliphatic heterocycles. The van der Waals surface area contributed by atoms with Crippen molar-refractivity contribution in [1.82, 2.24) is 15.2 Å². The summed E-state index contributed by atoms with van der Waals surface area (Å²) in [6.07, 6.45) is 1.33. The molecular formula is C10H9BrN4O. The van der Waals surface area contributed by atoms with Crippen molar-refractivity contribution >= 4 is 27.8 Å². The van der Waals surface area contributed by atoms with Gasteiger partial charge in [-0.05, 0) is 34.5 Å². The first-order valence-corrected chi connectivity index (χ1v) is 5.39. The highest BCUT2D eigenvalue weighted by atomic mass is 79.9. The minimum Gasteiger partial charge on any atom is -0.291 e. The molecule has 0 spiro atoms. The normalized spacial score (nSPS) is 10.1. The van der Waals surface area contributed by atoms with Gasteiger partial charge in [0.25, 0.3) is 5.91 Å². The van der Waals surface area contributed by atoms with Crippen molar-refractivity contribution in [2.45, 2.75) is 6.92 Å². The van der Waals surface area contributed by atoms with Gasteiger partial charge in [0, 0.05) is 4.47 Å². The predicted molar refractivity (Wildman–Crippen MR) is 63.2 cm³/mol. The van der Waals surface area contributed by atoms with Crippen molar-refractivity contribution in [3.8, 4) is 0 Å². The molecule has 0 saturated heterocycles. The number of nitrogens with one attached hydrogen (secondary N) is 2. The molecule has 0 radical (unpaired) electrons. The molecule has 16 heavy (non-hydrogen) atoms. The molecular weight excluding hydrogens is 272 g/mol. The lowest BCUT2D eigenvalue weighted by molar-refractivity contribution is 0.102. The van der Waals surface area contributed by atoms with Crippen LogP contribution in [0.1, 0.15) is 15.9 Å². The van der Waals surface area contributed by atoms with Gasteiger partial charge in [-0.25, -0.2) is 5.10 Å². The summed E-state index contributed by atoms with van der Waals surface area (Å²) in [5.74, 6) is 0.103. The molecule has 0 aliphatic rings. The van der Waals surface area contributed by atoms with Crippen LogP contribution in [0.5, 0.6) is 0 Å². The number of carbonyl (C=O) groups is 1. The van der Waals surface area contributed by atoms with Crippen LogP contribution in [0.15, 0.2) is 29.0 Å². The van der Waals surface area contributed by atoms with Gasteiger partial charge >= 0.3 is 0 Å². The number of rotatable bonds is 2. The third kappa shape index (κ3) is 2.11. The zero-order valence-corrected chi connectivity index (χ0v) is 10.1. The van der Waals surface area contributed by atoms with E-state index in [-0.39, 0.29) is 5.91 Å². The van der Waals surface area contributed by atoms with E-state index in [2.05, 4.69) is 36.4 Å². The smallest absolute Gasteiger partial charge is 0.259 e. The molecule has 1 heterocycles. The summed E-state index contributed by atoms with van der Waals surface area (Å²) in [7, 11) is 0. The molecule has 5 nitrogen and oxygen atoms in total. The van der Waals surface area contributed by atoms with Crippen LogP contribution in [-0.4, -0.2) is 21.1 Å². The van der Waals surface area contributed by atoms with Crippen LogP contribution in [0.2, 0.25) is 0 Å².